The minimum absolute atomic E-state index is 0.0555. The van der Waals surface area contributed by atoms with Gasteiger partial charge in [-0.1, -0.05) is 12.2 Å². The van der Waals surface area contributed by atoms with Gasteiger partial charge in [0.25, 0.3) is 0 Å². The van der Waals surface area contributed by atoms with Crippen LogP contribution >= 0.6 is 12.2 Å². The second kappa shape index (κ2) is 4.98. The van der Waals surface area contributed by atoms with Crippen LogP contribution in [0.15, 0.2) is 18.3 Å². The van der Waals surface area contributed by atoms with E-state index in [-0.39, 0.29) is 5.54 Å². The molecule has 1 aliphatic heterocycles. The molecule has 92 valence electrons. The van der Waals surface area contributed by atoms with Crippen LogP contribution in [0.4, 0.5) is 5.82 Å². The molecule has 3 N–H and O–H groups in total. The van der Waals surface area contributed by atoms with E-state index in [2.05, 4.69) is 17.2 Å². The molecule has 0 aliphatic carbocycles. The van der Waals surface area contributed by atoms with E-state index in [0.29, 0.717) is 11.6 Å². The molecule has 2 heterocycles. The van der Waals surface area contributed by atoms with Crippen LogP contribution in [0, 0.1) is 0 Å². The molecule has 0 radical (unpaired) electrons. The summed E-state index contributed by atoms with van der Waals surface area (Å²) in [6.45, 7) is 3.69. The van der Waals surface area contributed by atoms with E-state index < -0.39 is 0 Å². The van der Waals surface area contributed by atoms with Gasteiger partial charge in [-0.15, -0.1) is 0 Å². The van der Waals surface area contributed by atoms with Gasteiger partial charge in [0.05, 0.1) is 12.1 Å². The molecule has 5 heteroatoms. The third kappa shape index (κ3) is 3.14. The highest BCUT2D eigenvalue weighted by Crippen LogP contribution is 2.23. The lowest BCUT2D eigenvalue weighted by Gasteiger charge is -2.34. The highest BCUT2D eigenvalue weighted by atomic mass is 32.1. The highest BCUT2D eigenvalue weighted by molar-refractivity contribution is 7.80. The van der Waals surface area contributed by atoms with Crippen molar-refractivity contribution in [3.8, 4) is 0 Å². The Hall–Kier alpha value is -1.20. The Balaban J connectivity index is 2.12. The highest BCUT2D eigenvalue weighted by Gasteiger charge is 2.27. The second-order valence-corrected chi connectivity index (χ2v) is 5.08. The molecule has 1 fully saturated rings. The maximum atomic E-state index is 5.60. The van der Waals surface area contributed by atoms with Gasteiger partial charge in [0.15, 0.2) is 0 Å². The van der Waals surface area contributed by atoms with Crippen LogP contribution in [0.25, 0.3) is 0 Å². The molecular weight excluding hydrogens is 234 g/mol. The summed E-state index contributed by atoms with van der Waals surface area (Å²) in [4.78, 5) is 4.67. The predicted molar refractivity (Wildman–Crippen MR) is 72.2 cm³/mol. The number of pyridine rings is 1. The van der Waals surface area contributed by atoms with E-state index in [9.17, 15) is 0 Å². The third-order valence-electron chi connectivity index (χ3n) is 2.91. The molecule has 1 aromatic heterocycles. The molecule has 0 aromatic carbocycles. The second-order valence-electron chi connectivity index (χ2n) is 4.64. The topological polar surface area (TPSA) is 60.2 Å². The summed E-state index contributed by atoms with van der Waals surface area (Å²) >= 11 is 4.95. The lowest BCUT2D eigenvalue weighted by Crippen LogP contribution is -2.43. The number of nitrogens with one attached hydrogen (secondary N) is 1. The van der Waals surface area contributed by atoms with Gasteiger partial charge in [-0.2, -0.15) is 0 Å². The van der Waals surface area contributed by atoms with Crippen LogP contribution in [0.1, 0.15) is 25.3 Å². The molecule has 1 saturated heterocycles. The van der Waals surface area contributed by atoms with Crippen molar-refractivity contribution in [2.45, 2.75) is 25.3 Å². The quantitative estimate of drug-likeness (QED) is 0.801. The van der Waals surface area contributed by atoms with E-state index in [1.807, 2.05) is 12.1 Å². The minimum atomic E-state index is -0.0555. The van der Waals surface area contributed by atoms with Crippen molar-refractivity contribution in [1.82, 2.24) is 4.98 Å². The van der Waals surface area contributed by atoms with E-state index in [1.54, 1.807) is 6.20 Å². The van der Waals surface area contributed by atoms with E-state index in [4.69, 9.17) is 22.7 Å². The van der Waals surface area contributed by atoms with E-state index in [1.165, 1.54) is 0 Å². The Kier molecular flexibility index (Phi) is 3.59. The number of anilines is 1. The number of thiocarbonyl (C=S) groups is 1. The summed E-state index contributed by atoms with van der Waals surface area (Å²) in [6, 6.07) is 3.69. The zero-order chi connectivity index (χ0) is 12.3. The number of nitrogens with zero attached hydrogens (tertiary/aromatic N) is 1. The lowest BCUT2D eigenvalue weighted by molar-refractivity contribution is 0.0539. The summed E-state index contributed by atoms with van der Waals surface area (Å²) in [6.07, 6.45) is 3.86. The summed E-state index contributed by atoms with van der Waals surface area (Å²) < 4.78 is 5.49. The van der Waals surface area contributed by atoms with Gasteiger partial charge in [0, 0.05) is 18.4 Å². The Morgan fingerprint density at radius 2 is 2.47 bits per heavy atom. The molecule has 4 nitrogen and oxygen atoms in total. The molecular formula is C12H17N3OS. The molecule has 1 atom stereocenters. The van der Waals surface area contributed by atoms with Gasteiger partial charge in [0.2, 0.25) is 0 Å². The Morgan fingerprint density at radius 1 is 1.65 bits per heavy atom. The summed E-state index contributed by atoms with van der Waals surface area (Å²) in [5.74, 6) is 0.795. The van der Waals surface area contributed by atoms with E-state index >= 15 is 0 Å². The van der Waals surface area contributed by atoms with Gasteiger partial charge >= 0.3 is 0 Å². The first-order valence-corrected chi connectivity index (χ1v) is 6.12. The average molecular weight is 251 g/mol. The number of rotatable bonds is 3. The molecule has 17 heavy (non-hydrogen) atoms. The van der Waals surface area contributed by atoms with Gasteiger partial charge < -0.3 is 15.8 Å². The maximum Gasteiger partial charge on any atom is 0.127 e. The zero-order valence-corrected chi connectivity index (χ0v) is 10.7. The van der Waals surface area contributed by atoms with Crippen molar-refractivity contribution in [3.63, 3.8) is 0 Å². The Labute approximate surface area is 107 Å². The van der Waals surface area contributed by atoms with Crippen LogP contribution in [0.5, 0.6) is 0 Å². The zero-order valence-electron chi connectivity index (χ0n) is 9.90. The fourth-order valence-corrected chi connectivity index (χ4v) is 2.12. The first-order valence-electron chi connectivity index (χ1n) is 5.71. The first-order chi connectivity index (χ1) is 8.09. The molecule has 0 amide bonds. The predicted octanol–water partition coefficient (Wildman–Crippen LogP) is 1.70. The van der Waals surface area contributed by atoms with Crippen LogP contribution in [-0.2, 0) is 4.74 Å². The van der Waals surface area contributed by atoms with Crippen molar-refractivity contribution in [1.29, 1.82) is 0 Å². The van der Waals surface area contributed by atoms with Crippen molar-refractivity contribution in [2.75, 3.05) is 18.5 Å². The molecule has 0 spiro atoms. The standard InChI is InChI=1S/C12H17N3OS/c1-12(4-2-6-16-8-12)15-10-7-9(11(13)17)3-5-14-10/h3,5,7H,2,4,6,8H2,1H3,(H2,13,17)(H,14,15). The van der Waals surface area contributed by atoms with Crippen molar-refractivity contribution < 1.29 is 4.74 Å². The average Bonchev–Trinajstić information content (AvgIpc) is 2.29. The number of hydrogen-bond donors (Lipinski definition) is 2. The first kappa shape index (κ1) is 12.3. The number of hydrogen-bond acceptors (Lipinski definition) is 4. The smallest absolute Gasteiger partial charge is 0.127 e. The van der Waals surface area contributed by atoms with Crippen molar-refractivity contribution in [3.05, 3.63) is 23.9 Å². The number of ether oxygens (including phenoxy) is 1. The minimum Gasteiger partial charge on any atom is -0.389 e. The van der Waals surface area contributed by atoms with Crippen molar-refractivity contribution in [2.24, 2.45) is 5.73 Å². The SMILES string of the molecule is CC1(Nc2cc(C(N)=S)ccn2)CCCOC1. The fraction of sp³-hybridized carbons (Fsp3) is 0.500. The number of nitrogens with two attached hydrogens (primary N) is 1. The van der Waals surface area contributed by atoms with Crippen LogP contribution in [-0.4, -0.2) is 28.7 Å². The maximum absolute atomic E-state index is 5.60. The van der Waals surface area contributed by atoms with Crippen LogP contribution in [0.2, 0.25) is 0 Å². The van der Waals surface area contributed by atoms with Crippen molar-refractivity contribution >= 4 is 23.0 Å². The third-order valence-corrected chi connectivity index (χ3v) is 3.15. The van der Waals surface area contributed by atoms with E-state index in [0.717, 1.165) is 30.8 Å². The monoisotopic (exact) mass is 251 g/mol. The molecule has 1 aromatic rings. The fourth-order valence-electron chi connectivity index (χ4n) is 1.99. The van der Waals surface area contributed by atoms with Gasteiger partial charge in [-0.05, 0) is 31.9 Å². The van der Waals surface area contributed by atoms with Crippen LogP contribution < -0.4 is 11.1 Å². The Bertz CT molecular complexity index is 416. The summed E-state index contributed by atoms with van der Waals surface area (Å²) in [5, 5.41) is 3.40. The van der Waals surface area contributed by atoms with Gasteiger partial charge in [0.1, 0.15) is 10.8 Å². The Morgan fingerprint density at radius 3 is 3.12 bits per heavy atom. The van der Waals surface area contributed by atoms with Gasteiger partial charge in [-0.3, -0.25) is 0 Å². The summed E-state index contributed by atoms with van der Waals surface area (Å²) in [5.41, 5.74) is 6.38. The lowest BCUT2D eigenvalue weighted by atomic mass is 9.95. The summed E-state index contributed by atoms with van der Waals surface area (Å²) in [7, 11) is 0. The normalized spacial score (nSPS) is 24.3. The molecule has 0 saturated carbocycles. The molecule has 1 aliphatic rings. The largest absolute Gasteiger partial charge is 0.389 e. The van der Waals surface area contributed by atoms with Crippen LogP contribution in [0.3, 0.4) is 0 Å². The number of aromatic nitrogens is 1. The molecule has 1 unspecified atom stereocenters. The van der Waals surface area contributed by atoms with Gasteiger partial charge in [-0.25, -0.2) is 4.98 Å². The molecule has 0 bridgehead atoms. The molecule has 2 rings (SSSR count).